The first-order valence-corrected chi connectivity index (χ1v) is 19.4. The number of imide groups is 1. The average Bonchev–Trinajstić information content (AvgIpc) is 3.80. The fraction of sp³-hybridized carbons (Fsp3) is 0.289. The van der Waals surface area contributed by atoms with Gasteiger partial charge in [0.2, 0.25) is 11.8 Å². The molecular formula is C45H43N7O5. The van der Waals surface area contributed by atoms with E-state index in [0.29, 0.717) is 41.8 Å². The number of aryl methyl sites for hydroxylation is 1. The van der Waals surface area contributed by atoms with E-state index in [1.54, 1.807) is 37.6 Å². The third-order valence-corrected chi connectivity index (χ3v) is 11.1. The second kappa shape index (κ2) is 15.4. The number of aromatic amines is 1. The molecule has 12 nitrogen and oxygen atoms in total. The summed E-state index contributed by atoms with van der Waals surface area (Å²) in [4.78, 5) is 74.5. The predicted octanol–water partition coefficient (Wildman–Crippen LogP) is 5.73. The zero-order chi connectivity index (χ0) is 39.8. The molecule has 4 N–H and O–H groups in total. The summed E-state index contributed by atoms with van der Waals surface area (Å²) < 4.78 is 0. The molecule has 0 radical (unpaired) electrons. The minimum absolute atomic E-state index is 0.117. The number of amides is 5. The van der Waals surface area contributed by atoms with Gasteiger partial charge in [-0.25, -0.2) is 0 Å². The molecule has 3 aliphatic heterocycles. The quantitative estimate of drug-likeness (QED) is 0.0895. The van der Waals surface area contributed by atoms with Crippen molar-refractivity contribution in [3.05, 3.63) is 112 Å². The van der Waals surface area contributed by atoms with Gasteiger partial charge in [0.05, 0.1) is 5.56 Å². The zero-order valence-electron chi connectivity index (χ0n) is 32.1. The van der Waals surface area contributed by atoms with Crippen LogP contribution in [-0.4, -0.2) is 70.6 Å². The molecule has 1 saturated heterocycles. The maximum Gasteiger partial charge on any atom is 0.269 e. The summed E-state index contributed by atoms with van der Waals surface area (Å²) in [5.74, 6) is 5.06. The third kappa shape index (κ3) is 7.13. The second-order valence-corrected chi connectivity index (χ2v) is 15.0. The number of aromatic nitrogens is 2. The molecule has 5 amide bonds. The largest absolute Gasteiger partial charge is 0.360 e. The number of nitrogens with zero attached hydrogens (tertiary/aromatic N) is 3. The van der Waals surface area contributed by atoms with E-state index < -0.39 is 11.9 Å². The molecule has 3 aliphatic rings. The molecule has 1 unspecified atom stereocenters. The van der Waals surface area contributed by atoms with Crippen molar-refractivity contribution in [2.75, 3.05) is 25.0 Å². The molecule has 0 aliphatic carbocycles. The molecule has 0 saturated carbocycles. The highest BCUT2D eigenvalue weighted by atomic mass is 16.2. The number of H-pyrrole nitrogens is 1. The van der Waals surface area contributed by atoms with Gasteiger partial charge < -0.3 is 25.4 Å². The van der Waals surface area contributed by atoms with Crippen LogP contribution < -0.4 is 20.9 Å². The Hall–Kier alpha value is -6.74. The molecule has 1 fully saturated rings. The van der Waals surface area contributed by atoms with Gasteiger partial charge >= 0.3 is 0 Å². The second-order valence-electron chi connectivity index (χ2n) is 15.0. The number of fused-ring (bicyclic) bond motifs is 3. The fourth-order valence-electron chi connectivity index (χ4n) is 8.11. The minimum atomic E-state index is -0.686. The first-order valence-electron chi connectivity index (χ1n) is 19.4. The van der Waals surface area contributed by atoms with Crippen LogP contribution in [0.3, 0.4) is 0 Å². The first kappa shape index (κ1) is 37.2. The van der Waals surface area contributed by atoms with Crippen molar-refractivity contribution >= 4 is 51.8 Å². The molecule has 8 rings (SSSR count). The number of rotatable bonds is 8. The highest BCUT2D eigenvalue weighted by Gasteiger charge is 2.39. The maximum atomic E-state index is 13.1. The van der Waals surface area contributed by atoms with Crippen LogP contribution >= 0.6 is 0 Å². The summed E-state index contributed by atoms with van der Waals surface area (Å²) in [5, 5.41) is 8.89. The summed E-state index contributed by atoms with van der Waals surface area (Å²) in [7, 11) is 1.65. The predicted molar refractivity (Wildman–Crippen MR) is 217 cm³/mol. The maximum absolute atomic E-state index is 13.1. The first-order chi connectivity index (χ1) is 27.6. The van der Waals surface area contributed by atoms with Gasteiger partial charge in [-0.05, 0) is 89.9 Å². The van der Waals surface area contributed by atoms with Crippen LogP contribution in [0.5, 0.6) is 0 Å². The van der Waals surface area contributed by atoms with Gasteiger partial charge in [0.15, 0.2) is 0 Å². The van der Waals surface area contributed by atoms with Crippen molar-refractivity contribution in [1.29, 1.82) is 0 Å². The minimum Gasteiger partial charge on any atom is -0.360 e. The Morgan fingerprint density at radius 3 is 2.61 bits per heavy atom. The Balaban J connectivity index is 0.908. The number of hydrogen-bond acceptors (Lipinski definition) is 7. The Labute approximate surface area is 330 Å². The highest BCUT2D eigenvalue weighted by molar-refractivity contribution is 6.09. The van der Waals surface area contributed by atoms with E-state index in [0.717, 1.165) is 58.4 Å². The Morgan fingerprint density at radius 1 is 1.00 bits per heavy atom. The molecule has 3 aromatic carbocycles. The number of benzene rings is 3. The van der Waals surface area contributed by atoms with E-state index in [2.05, 4.69) is 86.8 Å². The molecule has 5 heterocycles. The van der Waals surface area contributed by atoms with Crippen LogP contribution in [-0.2, 0) is 22.6 Å². The monoisotopic (exact) mass is 761 g/mol. The molecule has 57 heavy (non-hydrogen) atoms. The van der Waals surface area contributed by atoms with Crippen molar-refractivity contribution in [2.45, 2.75) is 64.5 Å². The molecule has 0 spiro atoms. The fourth-order valence-corrected chi connectivity index (χ4v) is 8.11. The van der Waals surface area contributed by atoms with Crippen LogP contribution in [0.25, 0.3) is 22.0 Å². The van der Waals surface area contributed by atoms with Crippen molar-refractivity contribution in [2.24, 2.45) is 0 Å². The van der Waals surface area contributed by atoms with Crippen molar-refractivity contribution < 1.29 is 24.0 Å². The normalized spacial score (nSPS) is 16.2. The van der Waals surface area contributed by atoms with Crippen LogP contribution in [0.2, 0.25) is 0 Å². The number of pyridine rings is 1. The molecular weight excluding hydrogens is 719 g/mol. The van der Waals surface area contributed by atoms with E-state index in [1.807, 2.05) is 12.1 Å². The topological polar surface area (TPSA) is 157 Å². The lowest BCUT2D eigenvalue weighted by atomic mass is 9.94. The summed E-state index contributed by atoms with van der Waals surface area (Å²) in [5.41, 5.74) is 10.4. The lowest BCUT2D eigenvalue weighted by molar-refractivity contribution is -0.136. The summed E-state index contributed by atoms with van der Waals surface area (Å²) in [6, 6.07) is 19.1. The summed E-state index contributed by atoms with van der Waals surface area (Å²) in [6.45, 7) is 5.76. The van der Waals surface area contributed by atoms with Crippen LogP contribution in [0.15, 0.2) is 73.1 Å². The molecule has 2 aromatic heterocycles. The smallest absolute Gasteiger partial charge is 0.269 e. The Kier molecular flexibility index (Phi) is 10.1. The van der Waals surface area contributed by atoms with Crippen molar-refractivity contribution in [3.8, 4) is 23.0 Å². The van der Waals surface area contributed by atoms with Gasteiger partial charge in [-0.1, -0.05) is 43.9 Å². The highest BCUT2D eigenvalue weighted by Crippen LogP contribution is 2.40. The number of carbonyl (C=O) groups is 5. The summed E-state index contributed by atoms with van der Waals surface area (Å²) in [6.07, 6.45) is 6.32. The van der Waals surface area contributed by atoms with Gasteiger partial charge in [-0.2, -0.15) is 0 Å². The van der Waals surface area contributed by atoms with E-state index in [-0.39, 0.29) is 42.5 Å². The average molecular weight is 762 g/mol. The molecule has 5 aromatic rings. The van der Waals surface area contributed by atoms with E-state index in [9.17, 15) is 24.0 Å². The van der Waals surface area contributed by atoms with Gasteiger partial charge in [-0.3, -0.25) is 34.3 Å². The molecule has 0 bridgehead atoms. The van der Waals surface area contributed by atoms with Crippen molar-refractivity contribution in [1.82, 2.24) is 30.8 Å². The van der Waals surface area contributed by atoms with Gasteiger partial charge in [0.25, 0.3) is 17.7 Å². The Morgan fingerprint density at radius 2 is 1.84 bits per heavy atom. The van der Waals surface area contributed by atoms with E-state index in [4.69, 9.17) is 0 Å². The van der Waals surface area contributed by atoms with Crippen molar-refractivity contribution in [3.63, 3.8) is 0 Å². The number of nitrogens with one attached hydrogen (secondary N) is 4. The van der Waals surface area contributed by atoms with Crippen LogP contribution in [0, 0.1) is 11.8 Å². The van der Waals surface area contributed by atoms with Crippen LogP contribution in [0.1, 0.15) is 98.9 Å². The van der Waals surface area contributed by atoms with Crippen LogP contribution in [0.4, 0.5) is 11.4 Å². The standard InChI is InChI=1S/C45H43N7O5/c1-26(2)33-21-31(22-34-35(42(54)46-3)24-49-41(33)34)51-19-7-10-29-20-28(13-15-38(29)51)30-12-14-37(48-23-30)43(55)47-18-5-4-8-27-9-6-11-32-36(27)25-52(45(32)57)39-16-17-40(53)50-44(39)56/h6,9,11-15,20-24,26,39,49H,5,7,10,16-19,25H2,1-3H3,(H,46,54)(H,47,55)(H,50,53,56). The molecule has 12 heteroatoms. The molecule has 288 valence electrons. The van der Waals surface area contributed by atoms with E-state index in [1.165, 1.54) is 16.0 Å². The van der Waals surface area contributed by atoms with Gasteiger partial charge in [0.1, 0.15) is 11.7 Å². The summed E-state index contributed by atoms with van der Waals surface area (Å²) >= 11 is 0. The lowest BCUT2D eigenvalue weighted by Crippen LogP contribution is -2.52. The SMILES string of the molecule is CNC(=O)c1c[nH]c2c(C(C)C)cc(N3CCCc4cc(-c5ccc(C(=O)NCCC#Cc6cccc7c6CN(C6CCC(=O)NC6=O)C7=O)nc5)ccc43)cc12. The molecule has 1 atom stereocenters. The number of anilines is 2. The lowest BCUT2D eigenvalue weighted by Gasteiger charge is -2.32. The third-order valence-electron chi connectivity index (χ3n) is 11.1. The number of hydrogen-bond donors (Lipinski definition) is 4. The van der Waals surface area contributed by atoms with Gasteiger partial charge in [0, 0.05) is 90.9 Å². The number of carbonyl (C=O) groups excluding carboxylic acids is 5. The van der Waals surface area contributed by atoms with E-state index >= 15 is 0 Å². The van der Waals surface area contributed by atoms with Gasteiger partial charge in [-0.15, -0.1) is 0 Å². The Bertz CT molecular complexity index is 2530. The zero-order valence-corrected chi connectivity index (χ0v) is 32.1. The number of piperidine rings is 1.